The average Bonchev–Trinajstić information content (AvgIpc) is 2.71. The fourth-order valence-electron chi connectivity index (χ4n) is 3.79. The molecule has 5 heteroatoms. The first-order valence-corrected chi connectivity index (χ1v) is 12.6. The zero-order valence-corrected chi connectivity index (χ0v) is 19.2. The lowest BCUT2D eigenvalue weighted by Gasteiger charge is -2.17. The van der Waals surface area contributed by atoms with Gasteiger partial charge in [-0.25, -0.2) is 13.1 Å². The molecule has 0 atom stereocenters. The topological polar surface area (TPSA) is 49.4 Å². The molecule has 0 aromatic heterocycles. The molecule has 0 heterocycles. The van der Waals surface area contributed by atoms with Crippen molar-refractivity contribution in [2.24, 2.45) is 0 Å². The summed E-state index contributed by atoms with van der Waals surface area (Å²) < 4.78 is 28.5. The van der Waals surface area contributed by atoms with Crippen LogP contribution in [0, 0.1) is 0 Å². The molecule has 0 saturated carbocycles. The fourth-order valence-corrected chi connectivity index (χ4v) is 5.08. The van der Waals surface area contributed by atoms with E-state index in [1.165, 1.54) is 51.4 Å². The number of unbranched alkanes of at least 4 members (excludes halogenated alkanes) is 9. The molecule has 29 heavy (non-hydrogen) atoms. The standard InChI is InChI=1S/C24H38N2O2S/c1-4-5-6-7-8-9-10-11-12-13-20-25-29(27,28)24-19-15-16-21-22(24)17-14-18-23(21)26(2)3/h14-19,25H,4-13,20H2,1-3H3. The van der Waals surface area contributed by atoms with E-state index in [2.05, 4.69) is 11.6 Å². The van der Waals surface area contributed by atoms with Crippen molar-refractivity contribution < 1.29 is 8.42 Å². The van der Waals surface area contributed by atoms with E-state index in [0.717, 1.165) is 29.3 Å². The van der Waals surface area contributed by atoms with E-state index in [1.54, 1.807) is 6.07 Å². The fraction of sp³-hybridized carbons (Fsp3) is 0.583. The molecule has 0 aliphatic carbocycles. The predicted molar refractivity (Wildman–Crippen MR) is 125 cm³/mol. The van der Waals surface area contributed by atoms with Crippen LogP contribution in [0.1, 0.15) is 71.1 Å². The van der Waals surface area contributed by atoms with Gasteiger partial charge in [0.15, 0.2) is 0 Å². The van der Waals surface area contributed by atoms with Crippen molar-refractivity contribution >= 4 is 26.5 Å². The van der Waals surface area contributed by atoms with Gasteiger partial charge in [0, 0.05) is 37.1 Å². The van der Waals surface area contributed by atoms with Gasteiger partial charge < -0.3 is 4.90 Å². The van der Waals surface area contributed by atoms with Crippen LogP contribution in [0.15, 0.2) is 41.3 Å². The number of rotatable bonds is 14. The first-order chi connectivity index (χ1) is 14.0. The Kier molecular flexibility index (Phi) is 9.95. The molecule has 162 valence electrons. The Bertz CT molecular complexity index is 847. The van der Waals surface area contributed by atoms with Crippen LogP contribution in [0.4, 0.5) is 5.69 Å². The summed E-state index contributed by atoms with van der Waals surface area (Å²) in [5.74, 6) is 0. The number of sulfonamides is 1. The second-order valence-electron chi connectivity index (χ2n) is 8.10. The van der Waals surface area contributed by atoms with Gasteiger partial charge in [-0.05, 0) is 18.6 Å². The molecule has 0 unspecified atom stereocenters. The number of hydrogen-bond donors (Lipinski definition) is 1. The number of nitrogens with one attached hydrogen (secondary N) is 1. The second-order valence-corrected chi connectivity index (χ2v) is 9.84. The monoisotopic (exact) mass is 418 g/mol. The van der Waals surface area contributed by atoms with E-state index < -0.39 is 10.0 Å². The van der Waals surface area contributed by atoms with Crippen LogP contribution in [0.2, 0.25) is 0 Å². The van der Waals surface area contributed by atoms with Crippen LogP contribution in [0.5, 0.6) is 0 Å². The van der Waals surface area contributed by atoms with Crippen LogP contribution < -0.4 is 9.62 Å². The minimum Gasteiger partial charge on any atom is -0.377 e. The summed E-state index contributed by atoms with van der Waals surface area (Å²) in [6.07, 6.45) is 12.4. The lowest BCUT2D eigenvalue weighted by Crippen LogP contribution is -2.25. The predicted octanol–water partition coefficient (Wildman–Crippen LogP) is 6.11. The molecular formula is C24H38N2O2S. The Morgan fingerprint density at radius 2 is 1.31 bits per heavy atom. The van der Waals surface area contributed by atoms with Gasteiger partial charge in [0.1, 0.15) is 0 Å². The summed E-state index contributed by atoms with van der Waals surface area (Å²) in [5.41, 5.74) is 1.02. The molecule has 0 saturated heterocycles. The zero-order chi connectivity index (χ0) is 21.1. The molecule has 4 nitrogen and oxygen atoms in total. The number of anilines is 1. The maximum Gasteiger partial charge on any atom is 0.241 e. The SMILES string of the molecule is CCCCCCCCCCCCNS(=O)(=O)c1cccc2c(N(C)C)cccc12. The number of benzene rings is 2. The van der Waals surface area contributed by atoms with Gasteiger partial charge in [0.2, 0.25) is 10.0 Å². The first kappa shape index (κ1) is 23.7. The Hall–Kier alpha value is -1.59. The van der Waals surface area contributed by atoms with Crippen LogP contribution >= 0.6 is 0 Å². The van der Waals surface area contributed by atoms with Gasteiger partial charge in [-0.15, -0.1) is 0 Å². The zero-order valence-electron chi connectivity index (χ0n) is 18.4. The highest BCUT2D eigenvalue weighted by atomic mass is 32.2. The molecule has 0 aliphatic heterocycles. The van der Waals surface area contributed by atoms with Crippen molar-refractivity contribution in [2.45, 2.75) is 76.0 Å². The summed E-state index contributed by atoms with van der Waals surface area (Å²) in [5, 5.41) is 1.73. The van der Waals surface area contributed by atoms with Crippen molar-refractivity contribution in [3.05, 3.63) is 36.4 Å². The van der Waals surface area contributed by atoms with Gasteiger partial charge in [-0.3, -0.25) is 0 Å². The second kappa shape index (κ2) is 12.2. The number of nitrogens with zero attached hydrogens (tertiary/aromatic N) is 1. The van der Waals surface area contributed by atoms with E-state index in [1.807, 2.05) is 49.3 Å². The summed E-state index contributed by atoms with van der Waals surface area (Å²) in [6, 6.07) is 11.3. The molecule has 0 fully saturated rings. The highest BCUT2D eigenvalue weighted by molar-refractivity contribution is 7.89. The van der Waals surface area contributed by atoms with Crippen molar-refractivity contribution in [3.63, 3.8) is 0 Å². The molecule has 0 amide bonds. The molecule has 2 rings (SSSR count). The van der Waals surface area contributed by atoms with E-state index in [4.69, 9.17) is 0 Å². The molecular weight excluding hydrogens is 380 g/mol. The Morgan fingerprint density at radius 3 is 1.93 bits per heavy atom. The summed E-state index contributed by atoms with van der Waals surface area (Å²) >= 11 is 0. The van der Waals surface area contributed by atoms with Crippen molar-refractivity contribution in [3.8, 4) is 0 Å². The van der Waals surface area contributed by atoms with E-state index in [-0.39, 0.29) is 0 Å². The maximum absolute atomic E-state index is 12.9. The largest absolute Gasteiger partial charge is 0.377 e. The molecule has 1 N–H and O–H groups in total. The molecule has 0 spiro atoms. The lowest BCUT2D eigenvalue weighted by atomic mass is 10.1. The summed E-state index contributed by atoms with van der Waals surface area (Å²) in [7, 11) is 0.435. The quantitative estimate of drug-likeness (QED) is 0.377. The molecule has 2 aromatic rings. The Labute approximate surface area is 177 Å². The lowest BCUT2D eigenvalue weighted by molar-refractivity contribution is 0.549. The van der Waals surface area contributed by atoms with Crippen LogP contribution in [-0.2, 0) is 10.0 Å². The Morgan fingerprint density at radius 1 is 0.759 bits per heavy atom. The summed E-state index contributed by atoms with van der Waals surface area (Å²) in [6.45, 7) is 2.75. The molecule has 2 aromatic carbocycles. The van der Waals surface area contributed by atoms with Crippen LogP contribution in [0.25, 0.3) is 10.8 Å². The minimum atomic E-state index is -3.51. The number of hydrogen-bond acceptors (Lipinski definition) is 3. The Balaban J connectivity index is 1.81. The van der Waals surface area contributed by atoms with Gasteiger partial charge in [-0.1, -0.05) is 89.0 Å². The third-order valence-electron chi connectivity index (χ3n) is 5.45. The van der Waals surface area contributed by atoms with Gasteiger partial charge >= 0.3 is 0 Å². The minimum absolute atomic E-state index is 0.366. The van der Waals surface area contributed by atoms with Crippen molar-refractivity contribution in [1.82, 2.24) is 4.72 Å². The van der Waals surface area contributed by atoms with Crippen LogP contribution in [-0.4, -0.2) is 29.1 Å². The maximum atomic E-state index is 12.9. The smallest absolute Gasteiger partial charge is 0.241 e. The van der Waals surface area contributed by atoms with E-state index in [9.17, 15) is 8.42 Å². The summed E-state index contributed by atoms with van der Waals surface area (Å²) in [4.78, 5) is 2.38. The highest BCUT2D eigenvalue weighted by Gasteiger charge is 2.17. The average molecular weight is 419 g/mol. The molecule has 0 aliphatic rings. The third-order valence-corrected chi connectivity index (χ3v) is 6.97. The van der Waals surface area contributed by atoms with Gasteiger partial charge in [-0.2, -0.15) is 0 Å². The highest BCUT2D eigenvalue weighted by Crippen LogP contribution is 2.30. The van der Waals surface area contributed by atoms with Crippen molar-refractivity contribution in [2.75, 3.05) is 25.5 Å². The normalized spacial score (nSPS) is 11.8. The first-order valence-electron chi connectivity index (χ1n) is 11.2. The van der Waals surface area contributed by atoms with Crippen LogP contribution in [0.3, 0.4) is 0 Å². The molecule has 0 bridgehead atoms. The van der Waals surface area contributed by atoms with Gasteiger partial charge in [0.25, 0.3) is 0 Å². The third kappa shape index (κ3) is 7.31. The van der Waals surface area contributed by atoms with Crippen molar-refractivity contribution in [1.29, 1.82) is 0 Å². The number of fused-ring (bicyclic) bond motifs is 1. The van der Waals surface area contributed by atoms with E-state index >= 15 is 0 Å². The van der Waals surface area contributed by atoms with Gasteiger partial charge in [0.05, 0.1) is 4.90 Å². The van der Waals surface area contributed by atoms with E-state index in [0.29, 0.717) is 11.4 Å². The molecule has 0 radical (unpaired) electrons.